The van der Waals surface area contributed by atoms with Crippen LogP contribution in [0, 0.1) is 0 Å². The van der Waals surface area contributed by atoms with E-state index < -0.39 is 5.91 Å². The maximum atomic E-state index is 12.8. The number of rotatable bonds is 4. The Morgan fingerprint density at radius 3 is 2.11 bits per heavy atom. The Hall–Kier alpha value is -3.73. The van der Waals surface area contributed by atoms with Gasteiger partial charge in [0.2, 0.25) is 0 Å². The summed E-state index contributed by atoms with van der Waals surface area (Å²) in [5, 5.41) is 2.92. The number of para-hydroxylation sites is 1. The van der Waals surface area contributed by atoms with Crippen molar-refractivity contribution < 1.29 is 14.4 Å². The molecule has 0 fully saturated rings. The number of carbonyl (C=O) groups excluding carboxylic acids is 3. The molecule has 0 saturated carbocycles. The zero-order chi connectivity index (χ0) is 19.7. The van der Waals surface area contributed by atoms with E-state index >= 15 is 0 Å². The van der Waals surface area contributed by atoms with Gasteiger partial charge in [-0.25, -0.2) is 4.90 Å². The van der Waals surface area contributed by atoms with E-state index in [1.54, 1.807) is 36.4 Å². The molecule has 3 aromatic rings. The monoisotopic (exact) mass is 370 g/mol. The van der Waals surface area contributed by atoms with Gasteiger partial charge >= 0.3 is 0 Å². The Morgan fingerprint density at radius 1 is 0.821 bits per heavy atom. The summed E-state index contributed by atoms with van der Waals surface area (Å²) in [5.41, 5.74) is 2.39. The molecule has 0 saturated heterocycles. The molecule has 28 heavy (non-hydrogen) atoms. The summed E-state index contributed by atoms with van der Waals surface area (Å²) in [6.07, 6.45) is 0. The van der Waals surface area contributed by atoms with Crippen LogP contribution in [0.2, 0.25) is 0 Å². The standard InChI is InChI=1S/C23H18N2O3/c1-15(16-8-4-2-5-9-16)24-21(26)17-12-13-19-20(14-17)23(28)25(22(19)27)18-10-6-3-7-11-18/h2-15H,1H3,(H,24,26). The fourth-order valence-electron chi connectivity index (χ4n) is 3.30. The molecule has 1 atom stereocenters. The Bertz CT molecular complexity index is 1060. The van der Waals surface area contributed by atoms with Crippen LogP contribution in [0.25, 0.3) is 0 Å². The molecule has 138 valence electrons. The Labute approximate surface area is 162 Å². The summed E-state index contributed by atoms with van der Waals surface area (Å²) >= 11 is 0. The summed E-state index contributed by atoms with van der Waals surface area (Å²) in [5.74, 6) is -1.09. The molecule has 1 N–H and O–H groups in total. The Kier molecular flexibility index (Phi) is 4.49. The van der Waals surface area contributed by atoms with Crippen molar-refractivity contribution in [2.24, 2.45) is 0 Å². The van der Waals surface area contributed by atoms with Gasteiger partial charge in [-0.3, -0.25) is 14.4 Å². The predicted octanol–water partition coefficient (Wildman–Crippen LogP) is 3.98. The number of amides is 3. The van der Waals surface area contributed by atoms with Gasteiger partial charge in [-0.1, -0.05) is 48.5 Å². The third kappa shape index (κ3) is 3.07. The van der Waals surface area contributed by atoms with Crippen molar-refractivity contribution in [2.75, 3.05) is 4.90 Å². The van der Waals surface area contributed by atoms with Crippen molar-refractivity contribution in [2.45, 2.75) is 13.0 Å². The highest BCUT2D eigenvalue weighted by Crippen LogP contribution is 2.29. The van der Waals surface area contributed by atoms with Crippen molar-refractivity contribution in [1.29, 1.82) is 0 Å². The highest BCUT2D eigenvalue weighted by molar-refractivity contribution is 6.34. The van der Waals surface area contributed by atoms with E-state index in [0.29, 0.717) is 16.8 Å². The van der Waals surface area contributed by atoms with Crippen LogP contribution in [-0.2, 0) is 0 Å². The number of nitrogens with one attached hydrogen (secondary N) is 1. The summed E-state index contributed by atoms with van der Waals surface area (Å²) in [4.78, 5) is 39.2. The van der Waals surface area contributed by atoms with Crippen molar-refractivity contribution in [3.63, 3.8) is 0 Å². The minimum Gasteiger partial charge on any atom is -0.346 e. The maximum Gasteiger partial charge on any atom is 0.266 e. The van der Waals surface area contributed by atoms with E-state index in [1.165, 1.54) is 6.07 Å². The molecular formula is C23H18N2O3. The van der Waals surface area contributed by atoms with Crippen LogP contribution in [0.1, 0.15) is 49.6 Å². The van der Waals surface area contributed by atoms with Crippen molar-refractivity contribution in [1.82, 2.24) is 5.32 Å². The molecule has 0 aliphatic carbocycles. The average Bonchev–Trinajstić information content (AvgIpc) is 2.99. The van der Waals surface area contributed by atoms with Crippen LogP contribution in [0.5, 0.6) is 0 Å². The molecule has 0 aromatic heterocycles. The number of hydrogen-bond acceptors (Lipinski definition) is 3. The first-order chi connectivity index (χ1) is 13.6. The highest BCUT2D eigenvalue weighted by Gasteiger charge is 2.37. The van der Waals surface area contributed by atoms with Gasteiger partial charge < -0.3 is 5.32 Å². The van der Waals surface area contributed by atoms with E-state index in [9.17, 15) is 14.4 Å². The summed E-state index contributed by atoms with van der Waals surface area (Å²) in [7, 11) is 0. The SMILES string of the molecule is CC(NC(=O)c1ccc2c(c1)C(=O)N(c1ccccc1)C2=O)c1ccccc1. The van der Waals surface area contributed by atoms with Gasteiger partial charge in [0, 0.05) is 5.56 Å². The van der Waals surface area contributed by atoms with Crippen molar-refractivity contribution in [3.8, 4) is 0 Å². The summed E-state index contributed by atoms with van der Waals surface area (Å²) in [6.45, 7) is 1.90. The number of benzene rings is 3. The minimum atomic E-state index is -0.419. The topological polar surface area (TPSA) is 66.5 Å². The molecule has 0 radical (unpaired) electrons. The van der Waals surface area contributed by atoms with E-state index in [2.05, 4.69) is 5.32 Å². The van der Waals surface area contributed by atoms with Gasteiger partial charge in [-0.05, 0) is 42.8 Å². The van der Waals surface area contributed by atoms with Gasteiger partial charge in [0.15, 0.2) is 0 Å². The number of nitrogens with zero attached hydrogens (tertiary/aromatic N) is 1. The Morgan fingerprint density at radius 2 is 1.43 bits per heavy atom. The minimum absolute atomic E-state index is 0.180. The van der Waals surface area contributed by atoms with E-state index in [0.717, 1.165) is 10.5 Å². The first-order valence-electron chi connectivity index (χ1n) is 9.00. The quantitative estimate of drug-likeness (QED) is 0.707. The second kappa shape index (κ2) is 7.12. The number of carbonyl (C=O) groups is 3. The van der Waals surface area contributed by atoms with Crippen LogP contribution in [0.3, 0.4) is 0 Å². The maximum absolute atomic E-state index is 12.8. The second-order valence-corrected chi connectivity index (χ2v) is 6.65. The van der Waals surface area contributed by atoms with Crippen LogP contribution < -0.4 is 10.2 Å². The number of imide groups is 1. The molecule has 1 aliphatic rings. The largest absolute Gasteiger partial charge is 0.346 e. The first kappa shape index (κ1) is 17.7. The van der Waals surface area contributed by atoms with E-state index in [1.807, 2.05) is 43.3 Å². The zero-order valence-corrected chi connectivity index (χ0v) is 15.3. The first-order valence-corrected chi connectivity index (χ1v) is 9.00. The molecule has 1 heterocycles. The molecular weight excluding hydrogens is 352 g/mol. The number of hydrogen-bond donors (Lipinski definition) is 1. The van der Waals surface area contributed by atoms with Gasteiger partial charge in [0.25, 0.3) is 17.7 Å². The molecule has 5 nitrogen and oxygen atoms in total. The zero-order valence-electron chi connectivity index (χ0n) is 15.3. The lowest BCUT2D eigenvalue weighted by molar-refractivity contribution is 0.0922. The molecule has 0 bridgehead atoms. The third-order valence-corrected chi connectivity index (χ3v) is 4.81. The lowest BCUT2D eigenvalue weighted by Gasteiger charge is -2.14. The predicted molar refractivity (Wildman–Crippen MR) is 106 cm³/mol. The van der Waals surface area contributed by atoms with Gasteiger partial charge in [-0.15, -0.1) is 0 Å². The normalized spacial score (nSPS) is 14.0. The van der Waals surface area contributed by atoms with Crippen LogP contribution in [0.15, 0.2) is 78.9 Å². The highest BCUT2D eigenvalue weighted by atomic mass is 16.2. The molecule has 5 heteroatoms. The number of anilines is 1. The van der Waals surface area contributed by atoms with Crippen LogP contribution in [-0.4, -0.2) is 17.7 Å². The average molecular weight is 370 g/mol. The lowest BCUT2D eigenvalue weighted by atomic mass is 10.0. The molecule has 1 unspecified atom stereocenters. The molecule has 0 spiro atoms. The van der Waals surface area contributed by atoms with Gasteiger partial charge in [0.05, 0.1) is 22.9 Å². The van der Waals surface area contributed by atoms with E-state index in [4.69, 9.17) is 0 Å². The fourth-order valence-corrected chi connectivity index (χ4v) is 3.30. The van der Waals surface area contributed by atoms with Crippen molar-refractivity contribution in [3.05, 3.63) is 101 Å². The molecule has 3 amide bonds. The van der Waals surface area contributed by atoms with Crippen LogP contribution in [0.4, 0.5) is 5.69 Å². The smallest absolute Gasteiger partial charge is 0.266 e. The lowest BCUT2D eigenvalue weighted by Crippen LogP contribution is -2.29. The van der Waals surface area contributed by atoms with E-state index in [-0.39, 0.29) is 23.4 Å². The molecule has 3 aromatic carbocycles. The number of fused-ring (bicyclic) bond motifs is 1. The van der Waals surface area contributed by atoms with Crippen molar-refractivity contribution >= 4 is 23.4 Å². The fraction of sp³-hybridized carbons (Fsp3) is 0.0870. The Balaban J connectivity index is 1.59. The summed E-state index contributed by atoms with van der Waals surface area (Å²) in [6, 6.07) is 22.8. The van der Waals surface area contributed by atoms with Gasteiger partial charge in [-0.2, -0.15) is 0 Å². The molecule has 4 rings (SSSR count). The van der Waals surface area contributed by atoms with Crippen LogP contribution >= 0.6 is 0 Å². The third-order valence-electron chi connectivity index (χ3n) is 4.81. The van der Waals surface area contributed by atoms with Gasteiger partial charge in [0.1, 0.15) is 0 Å². The summed E-state index contributed by atoms with van der Waals surface area (Å²) < 4.78 is 0. The second-order valence-electron chi connectivity index (χ2n) is 6.65. The molecule has 1 aliphatic heterocycles.